The quantitative estimate of drug-likeness (QED) is 0.405. The first kappa shape index (κ1) is 28.6. The summed E-state index contributed by atoms with van der Waals surface area (Å²) in [7, 11) is -6.51. The van der Waals surface area contributed by atoms with Gasteiger partial charge < -0.3 is 0 Å². The second kappa shape index (κ2) is 9.87. The number of nitrogens with zero attached hydrogens (tertiary/aromatic N) is 6. The van der Waals surface area contributed by atoms with Crippen LogP contribution in [0.4, 0.5) is 13.2 Å². The minimum absolute atomic E-state index is 0.0114. The summed E-state index contributed by atoms with van der Waals surface area (Å²) in [5.41, 5.74) is -0.618. The maximum absolute atomic E-state index is 15.7. The van der Waals surface area contributed by atoms with Gasteiger partial charge in [-0.1, -0.05) is 11.3 Å². The van der Waals surface area contributed by atoms with Crippen LogP contribution in [-0.4, -0.2) is 65.0 Å². The van der Waals surface area contributed by atoms with Crippen molar-refractivity contribution < 1.29 is 30.0 Å². The van der Waals surface area contributed by atoms with E-state index in [1.165, 1.54) is 37.7 Å². The minimum atomic E-state index is -4.29. The van der Waals surface area contributed by atoms with Crippen LogP contribution in [-0.2, 0) is 27.1 Å². The average molecular weight is 616 g/mol. The number of sulfonamides is 2. The average Bonchev–Trinajstić information content (AvgIpc) is 3.32. The fraction of sp³-hybridized carbons (Fsp3) is 0.478. The third-order valence-corrected chi connectivity index (χ3v) is 11.6. The van der Waals surface area contributed by atoms with Crippen molar-refractivity contribution in [3.63, 3.8) is 0 Å². The van der Waals surface area contributed by atoms with Gasteiger partial charge in [0.2, 0.25) is 20.0 Å². The van der Waals surface area contributed by atoms with Crippen LogP contribution in [0.25, 0.3) is 27.2 Å². The van der Waals surface area contributed by atoms with Crippen LogP contribution in [0, 0.1) is 11.3 Å². The van der Waals surface area contributed by atoms with Gasteiger partial charge in [0.1, 0.15) is 17.1 Å². The van der Waals surface area contributed by atoms with E-state index in [-0.39, 0.29) is 45.1 Å². The molecule has 3 heterocycles. The zero-order valence-corrected chi connectivity index (χ0v) is 24.0. The van der Waals surface area contributed by atoms with Crippen LogP contribution in [0.15, 0.2) is 22.9 Å². The van der Waals surface area contributed by atoms with E-state index in [9.17, 15) is 30.9 Å². The zero-order valence-electron chi connectivity index (χ0n) is 21.5. The third kappa shape index (κ3) is 4.91. The van der Waals surface area contributed by atoms with Gasteiger partial charge in [0.05, 0.1) is 28.3 Å². The molecule has 1 fully saturated rings. The van der Waals surface area contributed by atoms with Gasteiger partial charge in [0.15, 0.2) is 10.0 Å². The lowest BCUT2D eigenvalue weighted by molar-refractivity contribution is 0.150. The highest BCUT2D eigenvalue weighted by Crippen LogP contribution is 2.41. The van der Waals surface area contributed by atoms with Crippen molar-refractivity contribution in [2.45, 2.75) is 55.2 Å². The first-order valence-electron chi connectivity index (χ1n) is 12.1. The molecule has 214 valence electrons. The molecule has 40 heavy (non-hydrogen) atoms. The van der Waals surface area contributed by atoms with Gasteiger partial charge in [0.25, 0.3) is 6.43 Å². The topological polar surface area (TPSA) is 151 Å². The molecule has 2 aliphatic rings. The van der Waals surface area contributed by atoms with Gasteiger partial charge in [-0.05, 0) is 50.8 Å². The molecule has 3 aromatic rings. The molecule has 2 aromatic heterocycles. The summed E-state index contributed by atoms with van der Waals surface area (Å²) < 4.78 is 99.0. The van der Waals surface area contributed by atoms with Crippen LogP contribution in [0.5, 0.6) is 0 Å². The Bertz CT molecular complexity index is 1800. The number of nitrogens with one attached hydrogen (secondary N) is 1. The predicted molar refractivity (Wildman–Crippen MR) is 141 cm³/mol. The Morgan fingerprint density at radius 3 is 2.42 bits per heavy atom. The van der Waals surface area contributed by atoms with E-state index in [4.69, 9.17) is 0 Å². The Balaban J connectivity index is 1.71. The number of aryl methyl sites for hydroxylation is 1. The molecule has 1 aliphatic heterocycles. The third-order valence-electron chi connectivity index (χ3n) is 6.88. The van der Waals surface area contributed by atoms with Gasteiger partial charge in [-0.2, -0.15) is 19.4 Å². The molecule has 0 amide bonds. The van der Waals surface area contributed by atoms with Crippen molar-refractivity contribution in [1.82, 2.24) is 29.0 Å². The standard InChI is InChI=1S/C23H24F3N7O4S3/c1-12(2)40(36,37)33-7-4-14(17(24)10-33)15-8-13(39(34,35)31-23(11-27)5-6-23)9-16-18(30-32(3)19(15)16)21-28-29-22(38-21)20(25)26/h8-9,12,20,31H,4-7,10H2,1-3H3. The summed E-state index contributed by atoms with van der Waals surface area (Å²) in [6, 6.07) is 4.49. The lowest BCUT2D eigenvalue weighted by Gasteiger charge is -2.29. The van der Waals surface area contributed by atoms with Gasteiger partial charge in [0, 0.05) is 24.5 Å². The molecule has 1 aliphatic carbocycles. The molecule has 11 nitrogen and oxygen atoms in total. The van der Waals surface area contributed by atoms with Gasteiger partial charge in [-0.25, -0.2) is 30.0 Å². The maximum atomic E-state index is 15.7. The molecule has 1 N–H and O–H groups in total. The lowest BCUT2D eigenvalue weighted by atomic mass is 9.96. The van der Waals surface area contributed by atoms with Crippen molar-refractivity contribution in [2.75, 3.05) is 13.1 Å². The Kier molecular flexibility index (Phi) is 7.06. The molecule has 0 spiro atoms. The molecule has 0 saturated heterocycles. The van der Waals surface area contributed by atoms with E-state index >= 15 is 4.39 Å². The Morgan fingerprint density at radius 1 is 1.18 bits per heavy atom. The van der Waals surface area contributed by atoms with Crippen LogP contribution in [0.1, 0.15) is 50.1 Å². The van der Waals surface area contributed by atoms with E-state index < -0.39 is 54.6 Å². The number of alkyl halides is 2. The van der Waals surface area contributed by atoms with Gasteiger partial charge in [-0.15, -0.1) is 10.2 Å². The van der Waals surface area contributed by atoms with E-state index in [1.54, 1.807) is 0 Å². The number of hydrogen-bond donors (Lipinski definition) is 1. The van der Waals surface area contributed by atoms with Crippen molar-refractivity contribution in [3.05, 3.63) is 28.5 Å². The number of benzene rings is 1. The fourth-order valence-corrected chi connectivity index (χ4v) is 7.89. The van der Waals surface area contributed by atoms with E-state index in [0.29, 0.717) is 29.7 Å². The first-order valence-corrected chi connectivity index (χ1v) is 15.9. The maximum Gasteiger partial charge on any atom is 0.291 e. The number of aromatic nitrogens is 4. The van der Waals surface area contributed by atoms with Crippen molar-refractivity contribution in [1.29, 1.82) is 5.26 Å². The van der Waals surface area contributed by atoms with Crippen molar-refractivity contribution in [2.24, 2.45) is 7.05 Å². The van der Waals surface area contributed by atoms with Crippen LogP contribution >= 0.6 is 11.3 Å². The van der Waals surface area contributed by atoms with Crippen molar-refractivity contribution >= 4 is 47.9 Å². The first-order chi connectivity index (χ1) is 18.7. The largest absolute Gasteiger partial charge is 0.291 e. The molecule has 17 heteroatoms. The molecule has 5 rings (SSSR count). The summed E-state index contributed by atoms with van der Waals surface area (Å²) in [5.74, 6) is -0.756. The van der Waals surface area contributed by atoms with Crippen LogP contribution in [0.2, 0.25) is 0 Å². The second-order valence-corrected chi connectivity index (χ2v) is 15.1. The molecule has 0 atom stereocenters. The molecule has 0 unspecified atom stereocenters. The van der Waals surface area contributed by atoms with Gasteiger partial charge >= 0.3 is 0 Å². The Hall–Kier alpha value is -2.91. The Morgan fingerprint density at radius 2 is 1.88 bits per heavy atom. The zero-order chi connectivity index (χ0) is 29.2. The van der Waals surface area contributed by atoms with Crippen LogP contribution < -0.4 is 4.72 Å². The molecular weight excluding hydrogens is 591 g/mol. The Labute approximate surface area is 232 Å². The number of fused-ring (bicyclic) bond motifs is 1. The molecule has 1 saturated carbocycles. The second-order valence-electron chi connectivity index (χ2n) is 9.95. The summed E-state index contributed by atoms with van der Waals surface area (Å²) in [6.45, 7) is 2.43. The van der Waals surface area contributed by atoms with Gasteiger partial charge in [-0.3, -0.25) is 4.68 Å². The van der Waals surface area contributed by atoms with E-state index in [0.717, 1.165) is 4.31 Å². The molecule has 1 aromatic carbocycles. The number of hydrogen-bond acceptors (Lipinski definition) is 9. The molecule has 0 radical (unpaired) electrons. The minimum Gasteiger partial charge on any atom is -0.267 e. The van der Waals surface area contributed by atoms with E-state index in [2.05, 4.69) is 20.0 Å². The molecular formula is C23H24F3N7O4S3. The molecule has 0 bridgehead atoms. The highest BCUT2D eigenvalue weighted by Gasteiger charge is 2.47. The fourth-order valence-electron chi connectivity index (χ4n) is 4.53. The summed E-state index contributed by atoms with van der Waals surface area (Å²) in [6.07, 6.45) is -2.26. The predicted octanol–water partition coefficient (Wildman–Crippen LogP) is 3.49. The number of rotatable bonds is 8. The van der Waals surface area contributed by atoms with E-state index in [1.807, 2.05) is 6.07 Å². The highest BCUT2D eigenvalue weighted by atomic mass is 32.2. The SMILES string of the molecule is CC(C)S(=O)(=O)N1CCC(c2cc(S(=O)(=O)NC3(C#N)CC3)cc3c(-c4nnc(C(F)F)s4)nn(C)c23)=C(F)C1. The highest BCUT2D eigenvalue weighted by molar-refractivity contribution is 7.90. The lowest BCUT2D eigenvalue weighted by Crippen LogP contribution is -2.40. The summed E-state index contributed by atoms with van der Waals surface area (Å²) in [4.78, 5) is -0.290. The monoisotopic (exact) mass is 615 g/mol. The number of nitriles is 1. The summed E-state index contributed by atoms with van der Waals surface area (Å²) in [5, 5.41) is 20.0. The van der Waals surface area contributed by atoms with Crippen molar-refractivity contribution in [3.8, 4) is 16.8 Å². The number of halogens is 3. The smallest absolute Gasteiger partial charge is 0.267 e. The van der Waals surface area contributed by atoms with Crippen LogP contribution in [0.3, 0.4) is 0 Å². The summed E-state index contributed by atoms with van der Waals surface area (Å²) >= 11 is 0.591. The normalized spacial score (nSPS) is 18.2.